The predicted molar refractivity (Wildman–Crippen MR) is 84.5 cm³/mol. The van der Waals surface area contributed by atoms with Gasteiger partial charge in [0.25, 0.3) is 0 Å². The number of nitrogens with zero attached hydrogens (tertiary/aromatic N) is 1. The molecular weight excluding hydrogens is 248 g/mol. The molecule has 0 aliphatic carbocycles. The highest BCUT2D eigenvalue weighted by Gasteiger charge is 2.18. The van der Waals surface area contributed by atoms with Crippen LogP contribution in [0.15, 0.2) is 12.1 Å². The van der Waals surface area contributed by atoms with E-state index in [4.69, 9.17) is 4.74 Å². The molecular formula is C17H28N2O. The Kier molecular flexibility index (Phi) is 5.86. The molecule has 0 saturated heterocycles. The topological polar surface area (TPSA) is 24.5 Å². The maximum atomic E-state index is 5.50. The maximum absolute atomic E-state index is 5.50. The van der Waals surface area contributed by atoms with E-state index in [0.29, 0.717) is 0 Å². The highest BCUT2D eigenvalue weighted by atomic mass is 16.5. The highest BCUT2D eigenvalue weighted by molar-refractivity contribution is 5.43. The van der Waals surface area contributed by atoms with Crippen molar-refractivity contribution in [1.29, 1.82) is 0 Å². The van der Waals surface area contributed by atoms with Crippen molar-refractivity contribution >= 4 is 0 Å². The lowest BCUT2D eigenvalue weighted by molar-refractivity contribution is 0.248. The van der Waals surface area contributed by atoms with Gasteiger partial charge in [0.05, 0.1) is 7.11 Å². The Labute approximate surface area is 123 Å². The van der Waals surface area contributed by atoms with E-state index in [1.165, 1.54) is 42.6 Å². The number of benzene rings is 1. The Morgan fingerprint density at radius 1 is 1.25 bits per heavy atom. The summed E-state index contributed by atoms with van der Waals surface area (Å²) in [6.45, 7) is 6.83. The number of aryl methyl sites for hydroxylation is 1. The lowest BCUT2D eigenvalue weighted by Crippen LogP contribution is -2.31. The predicted octanol–water partition coefficient (Wildman–Crippen LogP) is 2.62. The summed E-state index contributed by atoms with van der Waals surface area (Å²) in [6.07, 6.45) is 4.75. The van der Waals surface area contributed by atoms with Crippen LogP contribution in [0.25, 0.3) is 0 Å². The summed E-state index contributed by atoms with van der Waals surface area (Å²) in [5.41, 5.74) is 4.32. The van der Waals surface area contributed by atoms with Gasteiger partial charge in [0.2, 0.25) is 0 Å². The van der Waals surface area contributed by atoms with Gasteiger partial charge in [-0.2, -0.15) is 0 Å². The van der Waals surface area contributed by atoms with Crippen molar-refractivity contribution in [1.82, 2.24) is 10.2 Å². The van der Waals surface area contributed by atoms with Crippen LogP contribution < -0.4 is 10.1 Å². The van der Waals surface area contributed by atoms with Crippen molar-refractivity contribution in [3.8, 4) is 5.75 Å². The second-order valence-corrected chi connectivity index (χ2v) is 5.62. The molecule has 3 heteroatoms. The molecule has 0 amide bonds. The van der Waals surface area contributed by atoms with E-state index in [2.05, 4.69) is 29.3 Å². The molecule has 1 aliphatic rings. The Hall–Kier alpha value is -1.06. The summed E-state index contributed by atoms with van der Waals surface area (Å²) >= 11 is 0. The van der Waals surface area contributed by atoms with Crippen molar-refractivity contribution < 1.29 is 4.74 Å². The number of rotatable bonds is 7. The quantitative estimate of drug-likeness (QED) is 0.775. The number of fused-ring (bicyclic) bond motifs is 1. The first-order valence-electron chi connectivity index (χ1n) is 7.84. The minimum atomic E-state index is 1.04. The minimum absolute atomic E-state index is 1.04. The molecule has 0 atom stereocenters. The molecule has 1 aliphatic heterocycles. The van der Waals surface area contributed by atoms with E-state index in [1.807, 2.05) is 7.05 Å². The Balaban J connectivity index is 1.98. The summed E-state index contributed by atoms with van der Waals surface area (Å²) in [5, 5.41) is 3.22. The van der Waals surface area contributed by atoms with Gasteiger partial charge in [-0.3, -0.25) is 4.90 Å². The number of ether oxygens (including phenoxy) is 1. The molecule has 1 aromatic rings. The van der Waals surface area contributed by atoms with Gasteiger partial charge in [0.15, 0.2) is 0 Å². The van der Waals surface area contributed by atoms with E-state index >= 15 is 0 Å². The fourth-order valence-electron chi connectivity index (χ4n) is 2.99. The van der Waals surface area contributed by atoms with Crippen LogP contribution in [0, 0.1) is 0 Å². The maximum Gasteiger partial charge on any atom is 0.122 e. The summed E-state index contributed by atoms with van der Waals surface area (Å²) in [7, 11) is 3.80. The average molecular weight is 276 g/mol. The van der Waals surface area contributed by atoms with Gasteiger partial charge in [0.1, 0.15) is 5.75 Å². The number of methoxy groups -OCH3 is 1. The first-order chi connectivity index (χ1) is 9.78. The monoisotopic (exact) mass is 276 g/mol. The lowest BCUT2D eigenvalue weighted by Gasteiger charge is -2.29. The molecule has 2 rings (SSSR count). The fraction of sp³-hybridized carbons (Fsp3) is 0.647. The molecule has 0 bridgehead atoms. The number of nitrogens with one attached hydrogen (secondary N) is 1. The summed E-state index contributed by atoms with van der Waals surface area (Å²) in [6, 6.07) is 4.61. The first kappa shape index (κ1) is 15.3. The van der Waals surface area contributed by atoms with Gasteiger partial charge in [-0.25, -0.2) is 0 Å². The molecule has 0 unspecified atom stereocenters. The number of unbranched alkanes of at least 4 members (excludes halogenated alkanes) is 1. The third-order valence-electron chi connectivity index (χ3n) is 4.23. The molecule has 0 saturated carbocycles. The smallest absolute Gasteiger partial charge is 0.122 e. The van der Waals surface area contributed by atoms with E-state index < -0.39 is 0 Å². The van der Waals surface area contributed by atoms with Gasteiger partial charge in [0, 0.05) is 13.1 Å². The van der Waals surface area contributed by atoms with Gasteiger partial charge in [-0.1, -0.05) is 13.0 Å². The zero-order valence-corrected chi connectivity index (χ0v) is 13.2. The Morgan fingerprint density at radius 2 is 2.10 bits per heavy atom. The molecule has 0 radical (unpaired) electrons. The fourth-order valence-corrected chi connectivity index (χ4v) is 2.99. The van der Waals surface area contributed by atoms with Crippen LogP contribution in [0.1, 0.15) is 36.5 Å². The van der Waals surface area contributed by atoms with Crippen molar-refractivity contribution in [2.75, 3.05) is 33.8 Å². The van der Waals surface area contributed by atoms with Crippen LogP contribution in [0.2, 0.25) is 0 Å². The summed E-state index contributed by atoms with van der Waals surface area (Å²) in [5.74, 6) is 1.06. The summed E-state index contributed by atoms with van der Waals surface area (Å²) < 4.78 is 5.50. The summed E-state index contributed by atoms with van der Waals surface area (Å²) in [4.78, 5) is 2.59. The van der Waals surface area contributed by atoms with E-state index in [1.54, 1.807) is 7.11 Å². The van der Waals surface area contributed by atoms with E-state index in [-0.39, 0.29) is 0 Å². The lowest BCUT2D eigenvalue weighted by atomic mass is 9.95. The zero-order chi connectivity index (χ0) is 14.4. The van der Waals surface area contributed by atoms with Gasteiger partial charge in [-0.15, -0.1) is 0 Å². The van der Waals surface area contributed by atoms with E-state index in [0.717, 1.165) is 31.7 Å². The second-order valence-electron chi connectivity index (χ2n) is 5.62. The molecule has 1 aromatic carbocycles. The average Bonchev–Trinajstić information content (AvgIpc) is 2.50. The van der Waals surface area contributed by atoms with Crippen LogP contribution >= 0.6 is 0 Å². The van der Waals surface area contributed by atoms with Crippen LogP contribution in [-0.2, 0) is 19.4 Å². The van der Waals surface area contributed by atoms with Crippen LogP contribution in [0.4, 0.5) is 0 Å². The van der Waals surface area contributed by atoms with Crippen LogP contribution in [-0.4, -0.2) is 38.7 Å². The largest absolute Gasteiger partial charge is 0.496 e. The van der Waals surface area contributed by atoms with Gasteiger partial charge < -0.3 is 10.1 Å². The highest BCUT2D eigenvalue weighted by Crippen LogP contribution is 2.28. The normalized spacial score (nSPS) is 15.2. The number of hydrogen-bond acceptors (Lipinski definition) is 3. The third kappa shape index (κ3) is 3.74. The molecule has 3 nitrogen and oxygen atoms in total. The SMILES string of the molecule is CCc1cc2c(cc1OC)CCN(CCCCNC)C2. The van der Waals surface area contributed by atoms with Crippen LogP contribution in [0.3, 0.4) is 0 Å². The van der Waals surface area contributed by atoms with Gasteiger partial charge >= 0.3 is 0 Å². The molecule has 1 N–H and O–H groups in total. The molecule has 112 valence electrons. The van der Waals surface area contributed by atoms with Crippen molar-refractivity contribution in [3.63, 3.8) is 0 Å². The van der Waals surface area contributed by atoms with Gasteiger partial charge in [-0.05, 0) is 68.6 Å². The Bertz CT molecular complexity index is 431. The number of hydrogen-bond donors (Lipinski definition) is 1. The standard InChI is InChI=1S/C17H28N2O/c1-4-14-11-16-13-19(9-6-5-8-18-2)10-7-15(16)12-17(14)20-3/h11-12,18H,4-10,13H2,1-3H3. The molecule has 0 spiro atoms. The van der Waals surface area contributed by atoms with E-state index in [9.17, 15) is 0 Å². The molecule has 1 heterocycles. The Morgan fingerprint density at radius 3 is 2.80 bits per heavy atom. The van der Waals surface area contributed by atoms with Crippen molar-refractivity contribution in [3.05, 3.63) is 28.8 Å². The second kappa shape index (κ2) is 7.65. The molecule has 20 heavy (non-hydrogen) atoms. The van der Waals surface area contributed by atoms with Crippen molar-refractivity contribution in [2.45, 2.75) is 39.2 Å². The molecule has 0 fully saturated rings. The third-order valence-corrected chi connectivity index (χ3v) is 4.23. The van der Waals surface area contributed by atoms with Crippen LogP contribution in [0.5, 0.6) is 5.75 Å². The first-order valence-corrected chi connectivity index (χ1v) is 7.84. The minimum Gasteiger partial charge on any atom is -0.496 e. The molecule has 0 aromatic heterocycles. The van der Waals surface area contributed by atoms with Crippen molar-refractivity contribution in [2.24, 2.45) is 0 Å². The zero-order valence-electron chi connectivity index (χ0n) is 13.2.